The Morgan fingerprint density at radius 2 is 1.90 bits per heavy atom. The van der Waals surface area contributed by atoms with E-state index in [1.807, 2.05) is 0 Å². The number of rotatable bonds is 5. The first kappa shape index (κ1) is 31.6. The summed E-state index contributed by atoms with van der Waals surface area (Å²) in [6.45, 7) is 7.23. The molecule has 4 heterocycles. The van der Waals surface area contributed by atoms with E-state index in [0.717, 1.165) is 13.2 Å². The van der Waals surface area contributed by atoms with E-state index in [1.54, 1.807) is 40.0 Å². The summed E-state index contributed by atoms with van der Waals surface area (Å²) < 4.78 is 16.7. The average molecular weight is 572 g/mol. The molecule has 4 N–H and O–H groups in total. The summed E-state index contributed by atoms with van der Waals surface area (Å²) >= 11 is 0. The van der Waals surface area contributed by atoms with Gasteiger partial charge in [0.15, 0.2) is 5.65 Å². The number of primary amides is 1. The second kappa shape index (κ2) is 14.6. The van der Waals surface area contributed by atoms with Crippen molar-refractivity contribution in [1.82, 2.24) is 19.6 Å². The molecule has 1 saturated carbocycles. The molecule has 1 aliphatic heterocycles. The summed E-state index contributed by atoms with van der Waals surface area (Å²) in [5, 5.41) is 6.99. The Labute approximate surface area is 239 Å². The highest BCUT2D eigenvalue weighted by molar-refractivity contribution is 5.99. The molecular weight excluding hydrogens is 530 g/mol. The van der Waals surface area contributed by atoms with Gasteiger partial charge in [-0.1, -0.05) is 0 Å². The van der Waals surface area contributed by atoms with Gasteiger partial charge in [-0.25, -0.2) is 9.78 Å². The Morgan fingerprint density at radius 1 is 1.20 bits per heavy atom. The van der Waals surface area contributed by atoms with Crippen LogP contribution in [0.3, 0.4) is 0 Å². The zero-order chi connectivity index (χ0) is 30.0. The van der Waals surface area contributed by atoms with Gasteiger partial charge in [-0.2, -0.15) is 9.61 Å². The fourth-order valence-electron chi connectivity index (χ4n) is 3.80. The van der Waals surface area contributed by atoms with Crippen molar-refractivity contribution in [2.45, 2.75) is 71.0 Å². The van der Waals surface area contributed by atoms with E-state index in [-0.39, 0.29) is 34.1 Å². The maximum Gasteiger partial charge on any atom is 0.415 e. The third-order valence-corrected chi connectivity index (χ3v) is 6.27. The lowest BCUT2D eigenvalue weighted by Crippen LogP contribution is -2.35. The maximum atomic E-state index is 12.5. The van der Waals surface area contributed by atoms with Gasteiger partial charge in [0, 0.05) is 39.6 Å². The van der Waals surface area contributed by atoms with Crippen LogP contribution < -0.4 is 21.5 Å². The number of fused-ring (bicyclic) bond motifs is 1. The topological polar surface area (TPSA) is 166 Å². The van der Waals surface area contributed by atoms with Crippen molar-refractivity contribution in [2.24, 2.45) is 5.73 Å². The Balaban J connectivity index is 0.000000315. The molecule has 0 bridgehead atoms. The first-order valence-electron chi connectivity index (χ1n) is 13.7. The minimum absolute atomic E-state index is 0.0643. The average Bonchev–Trinajstić information content (AvgIpc) is 3.34. The Hall–Kier alpha value is -3.97. The lowest BCUT2D eigenvalue weighted by Gasteiger charge is -2.25. The van der Waals surface area contributed by atoms with E-state index in [1.165, 1.54) is 73.4 Å². The number of hydrogen-bond acceptors (Lipinski definition) is 9. The van der Waals surface area contributed by atoms with Crippen LogP contribution in [0.25, 0.3) is 5.65 Å². The molecule has 41 heavy (non-hydrogen) atoms. The first-order valence-corrected chi connectivity index (χ1v) is 13.7. The summed E-state index contributed by atoms with van der Waals surface area (Å²) in [4.78, 5) is 44.4. The molecule has 0 radical (unpaired) electrons. The highest BCUT2D eigenvalue weighted by atomic mass is 16.6. The van der Waals surface area contributed by atoms with E-state index >= 15 is 0 Å². The highest BCUT2D eigenvalue weighted by Crippen LogP contribution is 2.24. The SMILES string of the molecule is C1CCOCC1.CN(C(=O)OC(C)(C)C)c1cc(Nc2ccc[nH]c2=O)nc2c(C(N)=O)cnn12.COC1CCC1. The molecular formula is C28H41N7O6. The number of nitrogens with one attached hydrogen (secondary N) is 2. The Morgan fingerprint density at radius 3 is 2.37 bits per heavy atom. The number of carbonyl (C=O) groups is 2. The zero-order valence-electron chi connectivity index (χ0n) is 24.4. The third kappa shape index (κ3) is 9.29. The third-order valence-electron chi connectivity index (χ3n) is 6.27. The number of amides is 2. The van der Waals surface area contributed by atoms with E-state index in [4.69, 9.17) is 19.9 Å². The first-order chi connectivity index (χ1) is 19.5. The normalized spacial score (nSPS) is 15.0. The molecule has 224 valence electrons. The lowest BCUT2D eigenvalue weighted by molar-refractivity contribution is 0.0412. The van der Waals surface area contributed by atoms with Crippen molar-refractivity contribution in [1.29, 1.82) is 0 Å². The second-order valence-electron chi connectivity index (χ2n) is 10.7. The number of pyridine rings is 1. The van der Waals surface area contributed by atoms with Gasteiger partial charge >= 0.3 is 6.09 Å². The van der Waals surface area contributed by atoms with Crippen LogP contribution in [0.1, 0.15) is 69.7 Å². The number of aromatic nitrogens is 4. The van der Waals surface area contributed by atoms with Gasteiger partial charge in [-0.3, -0.25) is 14.5 Å². The summed E-state index contributed by atoms with van der Waals surface area (Å²) in [7, 11) is 3.28. The predicted octanol–water partition coefficient (Wildman–Crippen LogP) is 4.00. The number of nitrogens with zero attached hydrogens (tertiary/aromatic N) is 4. The maximum absolute atomic E-state index is 12.5. The van der Waals surface area contributed by atoms with Crippen molar-refractivity contribution in [3.63, 3.8) is 0 Å². The minimum atomic E-state index is -0.729. The number of carbonyl (C=O) groups excluding carboxylic acids is 2. The molecule has 3 aromatic rings. The predicted molar refractivity (Wildman–Crippen MR) is 156 cm³/mol. The molecule has 0 spiro atoms. The van der Waals surface area contributed by atoms with Crippen LogP contribution in [0.15, 0.2) is 35.4 Å². The molecule has 0 unspecified atom stereocenters. The van der Waals surface area contributed by atoms with Gasteiger partial charge < -0.3 is 30.2 Å². The van der Waals surface area contributed by atoms with Crippen LogP contribution >= 0.6 is 0 Å². The lowest BCUT2D eigenvalue weighted by atomic mass is 9.96. The number of hydrogen-bond donors (Lipinski definition) is 3. The molecule has 2 aliphatic rings. The molecule has 5 rings (SSSR count). The number of methoxy groups -OCH3 is 1. The molecule has 2 amide bonds. The van der Waals surface area contributed by atoms with Gasteiger partial charge in [0.2, 0.25) is 0 Å². The fraction of sp³-hybridized carbons (Fsp3) is 0.536. The van der Waals surface area contributed by atoms with E-state index < -0.39 is 17.6 Å². The van der Waals surface area contributed by atoms with Crippen LogP contribution in [-0.2, 0) is 14.2 Å². The summed E-state index contributed by atoms with van der Waals surface area (Å²) in [6.07, 6.45) is 10.6. The number of H-pyrrole nitrogens is 1. The summed E-state index contributed by atoms with van der Waals surface area (Å²) in [5.41, 5.74) is 4.76. The smallest absolute Gasteiger partial charge is 0.415 e. The van der Waals surface area contributed by atoms with Crippen LogP contribution in [0.2, 0.25) is 0 Å². The van der Waals surface area contributed by atoms with E-state index in [0.29, 0.717) is 6.10 Å². The van der Waals surface area contributed by atoms with Crippen LogP contribution in [0.4, 0.5) is 22.1 Å². The van der Waals surface area contributed by atoms with Gasteiger partial charge in [0.25, 0.3) is 11.5 Å². The number of anilines is 3. The Kier molecular flexibility index (Phi) is 11.2. The molecule has 13 heteroatoms. The molecule has 1 saturated heterocycles. The molecule has 3 aromatic heterocycles. The van der Waals surface area contributed by atoms with Crippen LogP contribution in [0, 0.1) is 0 Å². The summed E-state index contributed by atoms with van der Waals surface area (Å²) in [6, 6.07) is 4.71. The molecule has 0 atom stereocenters. The van der Waals surface area contributed by atoms with Crippen molar-refractivity contribution in [3.05, 3.63) is 46.5 Å². The largest absolute Gasteiger partial charge is 0.443 e. The van der Waals surface area contributed by atoms with Gasteiger partial charge in [-0.05, 0) is 71.4 Å². The van der Waals surface area contributed by atoms with Crippen LogP contribution in [-0.4, -0.2) is 70.7 Å². The molecule has 13 nitrogen and oxygen atoms in total. The molecule has 0 aromatic carbocycles. The van der Waals surface area contributed by atoms with Gasteiger partial charge in [0.05, 0.1) is 12.3 Å². The monoisotopic (exact) mass is 571 g/mol. The number of nitrogens with two attached hydrogens (primary N) is 1. The molecule has 2 fully saturated rings. The Bertz CT molecular complexity index is 1340. The standard InChI is InChI=1S/C18H21N7O4.2C5H10O/c1-18(2,3)29-17(28)24(4)13-8-12(22-11-6-5-7-20-16(11)27)23-15-10(14(19)26)9-21-25(13)15;1-6-5-3-2-4-5;1-2-4-6-5-3-1/h5-9H,1-4H3,(H2,19,26)(H,20,27)(H,22,23);5H,2-4H2,1H3;1-5H2. The van der Waals surface area contributed by atoms with Crippen molar-refractivity contribution in [2.75, 3.05) is 37.6 Å². The second-order valence-corrected chi connectivity index (χ2v) is 10.7. The minimum Gasteiger partial charge on any atom is -0.443 e. The van der Waals surface area contributed by atoms with Gasteiger partial charge in [0.1, 0.15) is 28.5 Å². The van der Waals surface area contributed by atoms with Crippen molar-refractivity contribution in [3.8, 4) is 0 Å². The van der Waals surface area contributed by atoms with E-state index in [2.05, 4.69) is 20.4 Å². The van der Waals surface area contributed by atoms with E-state index in [9.17, 15) is 14.4 Å². The number of ether oxygens (including phenoxy) is 3. The van der Waals surface area contributed by atoms with Crippen LogP contribution in [0.5, 0.6) is 0 Å². The molecule has 1 aliphatic carbocycles. The fourth-order valence-corrected chi connectivity index (χ4v) is 3.80. The number of aromatic amines is 1. The quantitative estimate of drug-likeness (QED) is 0.410. The summed E-state index contributed by atoms with van der Waals surface area (Å²) in [5.74, 6) is -0.262. The van der Waals surface area contributed by atoms with Gasteiger partial charge in [-0.15, -0.1) is 0 Å². The highest BCUT2D eigenvalue weighted by Gasteiger charge is 2.25. The van der Waals surface area contributed by atoms with Crippen molar-refractivity contribution < 1.29 is 23.8 Å². The van der Waals surface area contributed by atoms with Crippen molar-refractivity contribution >= 4 is 35.0 Å². The zero-order valence-corrected chi connectivity index (χ0v) is 24.4.